The molecule has 0 amide bonds. The minimum Gasteiger partial charge on any atom is -0.399 e. The fraction of sp³-hybridized carbons (Fsp3) is 0.235. The van der Waals surface area contributed by atoms with Crippen LogP contribution in [-0.2, 0) is 13.2 Å². The van der Waals surface area contributed by atoms with E-state index in [0.717, 1.165) is 12.1 Å². The molecule has 10 heteroatoms. The minimum absolute atomic E-state index is 0.0196. The summed E-state index contributed by atoms with van der Waals surface area (Å²) >= 11 is 3.20. The van der Waals surface area contributed by atoms with Gasteiger partial charge in [0.05, 0.1) is 21.5 Å². The first-order valence-electron chi connectivity index (χ1n) is 7.82. The van der Waals surface area contributed by atoms with Crippen molar-refractivity contribution in [3.8, 4) is 0 Å². The highest BCUT2D eigenvalue weighted by Crippen LogP contribution is 2.33. The van der Waals surface area contributed by atoms with Gasteiger partial charge in [0.15, 0.2) is 0 Å². The van der Waals surface area contributed by atoms with Crippen molar-refractivity contribution >= 4 is 38.5 Å². The molecule has 0 saturated carbocycles. The zero-order chi connectivity index (χ0) is 19.9. The largest absolute Gasteiger partial charge is 0.416 e. The van der Waals surface area contributed by atoms with Gasteiger partial charge in [-0.05, 0) is 52.7 Å². The van der Waals surface area contributed by atoms with Gasteiger partial charge in [0, 0.05) is 12.7 Å². The monoisotopic (exact) mass is 441 g/mol. The van der Waals surface area contributed by atoms with E-state index in [-0.39, 0.29) is 11.2 Å². The third-order valence-corrected chi connectivity index (χ3v) is 4.69. The summed E-state index contributed by atoms with van der Waals surface area (Å²) in [5.74, 6) is 0.389. The number of hydrogen-bond donors (Lipinski definition) is 2. The number of nitrogens with one attached hydrogen (secondary N) is 1. The zero-order valence-electron chi connectivity index (χ0n) is 14.3. The first kappa shape index (κ1) is 19.2. The molecule has 0 unspecified atom stereocenters. The van der Waals surface area contributed by atoms with Crippen LogP contribution in [0.1, 0.15) is 24.1 Å². The standard InChI is InChI=1S/C17H15BrF3N5O/c1-8(9-3-10(17(19,20)21)5-11(22)4-9)25-14-12-6-13(18)16(27)26(2)15(12)24-7-23-14/h3-8H,22H2,1-2H3,(H,23,24,25)/t8-/m1/s1. The highest BCUT2D eigenvalue weighted by molar-refractivity contribution is 9.10. The summed E-state index contributed by atoms with van der Waals surface area (Å²) < 4.78 is 40.8. The van der Waals surface area contributed by atoms with Crippen molar-refractivity contribution in [1.29, 1.82) is 0 Å². The Morgan fingerprint density at radius 2 is 1.93 bits per heavy atom. The summed E-state index contributed by atoms with van der Waals surface area (Å²) in [6.45, 7) is 1.69. The van der Waals surface area contributed by atoms with E-state index in [1.165, 1.54) is 17.0 Å². The molecule has 3 aromatic rings. The predicted molar refractivity (Wildman–Crippen MR) is 100 cm³/mol. The lowest BCUT2D eigenvalue weighted by molar-refractivity contribution is -0.137. The average molecular weight is 442 g/mol. The predicted octanol–water partition coefficient (Wildman–Crippen LogP) is 3.87. The van der Waals surface area contributed by atoms with Crippen LogP contribution in [0.4, 0.5) is 24.7 Å². The van der Waals surface area contributed by atoms with E-state index in [1.807, 2.05) is 0 Å². The molecule has 6 nitrogen and oxygen atoms in total. The van der Waals surface area contributed by atoms with E-state index in [0.29, 0.717) is 26.9 Å². The van der Waals surface area contributed by atoms with Gasteiger partial charge in [-0.3, -0.25) is 9.36 Å². The van der Waals surface area contributed by atoms with Gasteiger partial charge in [0.25, 0.3) is 5.56 Å². The Morgan fingerprint density at radius 1 is 1.22 bits per heavy atom. The molecule has 0 spiro atoms. The van der Waals surface area contributed by atoms with Gasteiger partial charge < -0.3 is 11.1 Å². The topological polar surface area (TPSA) is 85.8 Å². The van der Waals surface area contributed by atoms with Gasteiger partial charge in [-0.1, -0.05) is 0 Å². The molecule has 3 N–H and O–H groups in total. The lowest BCUT2D eigenvalue weighted by Crippen LogP contribution is -2.19. The molecule has 2 aromatic heterocycles. The van der Waals surface area contributed by atoms with Gasteiger partial charge >= 0.3 is 6.18 Å². The fourth-order valence-electron chi connectivity index (χ4n) is 2.72. The number of rotatable bonds is 3. The molecule has 142 valence electrons. The first-order valence-corrected chi connectivity index (χ1v) is 8.61. The summed E-state index contributed by atoms with van der Waals surface area (Å²) in [4.78, 5) is 20.3. The summed E-state index contributed by atoms with van der Waals surface area (Å²) in [6.07, 6.45) is -3.21. The third-order valence-electron chi connectivity index (χ3n) is 4.12. The molecule has 2 heterocycles. The van der Waals surface area contributed by atoms with E-state index in [1.54, 1.807) is 20.0 Å². The number of hydrogen-bond acceptors (Lipinski definition) is 5. The van der Waals surface area contributed by atoms with Crippen molar-refractivity contribution in [2.24, 2.45) is 7.05 Å². The Labute approximate surface area is 160 Å². The minimum atomic E-state index is -4.49. The lowest BCUT2D eigenvalue weighted by Gasteiger charge is -2.19. The average Bonchev–Trinajstić information content (AvgIpc) is 2.59. The molecule has 0 aliphatic carbocycles. The maximum atomic E-state index is 13.0. The number of anilines is 2. The number of nitrogens with two attached hydrogens (primary N) is 1. The second-order valence-electron chi connectivity index (χ2n) is 6.07. The van der Waals surface area contributed by atoms with Crippen LogP contribution in [0.15, 0.2) is 39.9 Å². The van der Waals surface area contributed by atoms with Crippen LogP contribution in [0.3, 0.4) is 0 Å². The van der Waals surface area contributed by atoms with Gasteiger partial charge in [0.1, 0.15) is 17.8 Å². The van der Waals surface area contributed by atoms with Crippen molar-refractivity contribution in [1.82, 2.24) is 14.5 Å². The van der Waals surface area contributed by atoms with E-state index in [2.05, 4.69) is 31.2 Å². The lowest BCUT2D eigenvalue weighted by atomic mass is 10.0. The first-order chi connectivity index (χ1) is 12.6. The number of pyridine rings is 1. The maximum absolute atomic E-state index is 13.0. The second-order valence-corrected chi connectivity index (χ2v) is 6.92. The molecule has 0 aliphatic heterocycles. The van der Waals surface area contributed by atoms with Crippen LogP contribution < -0.4 is 16.6 Å². The molecule has 0 fully saturated rings. The molecule has 0 saturated heterocycles. The molecular weight excluding hydrogens is 427 g/mol. The van der Waals surface area contributed by atoms with Gasteiger partial charge in [-0.15, -0.1) is 0 Å². The van der Waals surface area contributed by atoms with Crippen LogP contribution in [0.5, 0.6) is 0 Å². The Balaban J connectivity index is 2.04. The highest BCUT2D eigenvalue weighted by atomic mass is 79.9. The number of fused-ring (bicyclic) bond motifs is 1. The maximum Gasteiger partial charge on any atom is 0.416 e. The van der Waals surface area contributed by atoms with Crippen LogP contribution in [0, 0.1) is 0 Å². The molecule has 27 heavy (non-hydrogen) atoms. The van der Waals surface area contributed by atoms with Crippen molar-refractivity contribution in [2.45, 2.75) is 19.1 Å². The zero-order valence-corrected chi connectivity index (χ0v) is 15.9. The van der Waals surface area contributed by atoms with Gasteiger partial charge in [0.2, 0.25) is 0 Å². The number of aromatic nitrogens is 3. The van der Waals surface area contributed by atoms with Crippen molar-refractivity contribution < 1.29 is 13.2 Å². The summed E-state index contributed by atoms with van der Waals surface area (Å²) in [7, 11) is 1.57. The van der Waals surface area contributed by atoms with Crippen LogP contribution in [-0.4, -0.2) is 14.5 Å². The number of benzene rings is 1. The van der Waals surface area contributed by atoms with Gasteiger partial charge in [-0.25, -0.2) is 9.97 Å². The smallest absolute Gasteiger partial charge is 0.399 e. The number of aryl methyl sites for hydroxylation is 1. The normalized spacial score (nSPS) is 13.0. The van der Waals surface area contributed by atoms with Crippen LogP contribution >= 0.6 is 15.9 Å². The fourth-order valence-corrected chi connectivity index (χ4v) is 3.22. The number of nitrogen functional groups attached to an aromatic ring is 1. The van der Waals surface area contributed by atoms with E-state index in [9.17, 15) is 18.0 Å². The SMILES string of the molecule is C[C@@H](Nc1ncnc2c1cc(Br)c(=O)n2C)c1cc(N)cc(C(F)(F)F)c1. The number of alkyl halides is 3. The Bertz CT molecular complexity index is 1080. The molecule has 0 bridgehead atoms. The van der Waals surface area contributed by atoms with Crippen LogP contribution in [0.2, 0.25) is 0 Å². The summed E-state index contributed by atoms with van der Waals surface area (Å²) in [6, 6.07) is 4.46. The number of nitrogens with zero attached hydrogens (tertiary/aromatic N) is 3. The van der Waals surface area contributed by atoms with Crippen molar-refractivity contribution in [3.05, 3.63) is 56.5 Å². The van der Waals surface area contributed by atoms with Crippen LogP contribution in [0.25, 0.3) is 11.0 Å². The number of halogens is 4. The quantitative estimate of drug-likeness (QED) is 0.602. The Kier molecular flexibility index (Phi) is 4.85. The van der Waals surface area contributed by atoms with Gasteiger partial charge in [-0.2, -0.15) is 13.2 Å². The molecule has 0 radical (unpaired) electrons. The molecule has 0 aliphatic rings. The van der Waals surface area contributed by atoms with E-state index in [4.69, 9.17) is 5.73 Å². The second kappa shape index (κ2) is 6.84. The Morgan fingerprint density at radius 3 is 2.59 bits per heavy atom. The van der Waals surface area contributed by atoms with Crippen molar-refractivity contribution in [3.63, 3.8) is 0 Å². The van der Waals surface area contributed by atoms with E-state index >= 15 is 0 Å². The molecular formula is C17H15BrF3N5O. The molecule has 3 rings (SSSR count). The summed E-state index contributed by atoms with van der Waals surface area (Å²) in [5.41, 5.74) is 5.34. The Hall–Kier alpha value is -2.62. The highest BCUT2D eigenvalue weighted by Gasteiger charge is 2.31. The third kappa shape index (κ3) is 3.75. The molecule has 1 atom stereocenters. The summed E-state index contributed by atoms with van der Waals surface area (Å²) in [5, 5.41) is 3.62. The molecule has 1 aromatic carbocycles. The van der Waals surface area contributed by atoms with E-state index < -0.39 is 17.8 Å². The van der Waals surface area contributed by atoms with Crippen molar-refractivity contribution in [2.75, 3.05) is 11.1 Å².